The van der Waals surface area contributed by atoms with Crippen LogP contribution in [0.4, 0.5) is 0 Å². The minimum atomic E-state index is -0.0706. The minimum Gasteiger partial charge on any atom is -0.333 e. The highest BCUT2D eigenvalue weighted by atomic mass is 16.2. The normalized spacial score (nSPS) is 10.2. The van der Waals surface area contributed by atoms with Crippen LogP contribution in [0.15, 0.2) is 48.9 Å². The third kappa shape index (κ3) is 3.61. The number of aromatic nitrogens is 2. The van der Waals surface area contributed by atoms with Gasteiger partial charge in [-0.3, -0.25) is 9.78 Å². The zero-order chi connectivity index (χ0) is 13.5. The Morgan fingerprint density at radius 3 is 2.63 bits per heavy atom. The molecule has 0 aliphatic carbocycles. The van der Waals surface area contributed by atoms with Gasteiger partial charge in [-0.2, -0.15) is 0 Å². The first-order valence-electron chi connectivity index (χ1n) is 6.40. The first-order chi connectivity index (χ1) is 9.31. The Labute approximate surface area is 113 Å². The van der Waals surface area contributed by atoms with Gasteiger partial charge in [0.05, 0.1) is 6.20 Å². The van der Waals surface area contributed by atoms with Crippen LogP contribution in [0.1, 0.15) is 29.4 Å². The topological polar surface area (TPSA) is 46.1 Å². The number of carbonyl (C=O) groups excluding carboxylic acids is 1. The highest BCUT2D eigenvalue weighted by Crippen LogP contribution is 2.08. The molecule has 0 N–H and O–H groups in total. The quantitative estimate of drug-likeness (QED) is 0.824. The van der Waals surface area contributed by atoms with Gasteiger partial charge >= 0.3 is 0 Å². The maximum atomic E-state index is 12.4. The van der Waals surface area contributed by atoms with Crippen molar-refractivity contribution >= 4 is 5.91 Å². The molecule has 0 unspecified atom stereocenters. The SMILES string of the molecule is CCCN(Cc1ccccc1)C(=O)c1cnccn1. The average molecular weight is 255 g/mol. The first kappa shape index (κ1) is 13.2. The minimum absolute atomic E-state index is 0.0706. The van der Waals surface area contributed by atoms with Crippen LogP contribution < -0.4 is 0 Å². The summed E-state index contributed by atoms with van der Waals surface area (Å²) < 4.78 is 0. The van der Waals surface area contributed by atoms with E-state index in [0.717, 1.165) is 12.0 Å². The highest BCUT2D eigenvalue weighted by molar-refractivity contribution is 5.91. The molecule has 0 spiro atoms. The molecule has 0 saturated carbocycles. The van der Waals surface area contributed by atoms with E-state index in [4.69, 9.17) is 0 Å². The Kier molecular flexibility index (Phi) is 4.61. The number of hydrogen-bond donors (Lipinski definition) is 0. The summed E-state index contributed by atoms with van der Waals surface area (Å²) in [5, 5.41) is 0. The van der Waals surface area contributed by atoms with E-state index in [1.54, 1.807) is 17.3 Å². The van der Waals surface area contributed by atoms with Crippen molar-refractivity contribution in [2.75, 3.05) is 6.54 Å². The number of amides is 1. The van der Waals surface area contributed by atoms with E-state index >= 15 is 0 Å². The summed E-state index contributed by atoms with van der Waals surface area (Å²) >= 11 is 0. The summed E-state index contributed by atoms with van der Waals surface area (Å²) in [4.78, 5) is 22.2. The lowest BCUT2D eigenvalue weighted by molar-refractivity contribution is 0.0736. The molecule has 19 heavy (non-hydrogen) atoms. The van der Waals surface area contributed by atoms with E-state index in [9.17, 15) is 4.79 Å². The molecule has 0 atom stereocenters. The van der Waals surface area contributed by atoms with E-state index < -0.39 is 0 Å². The molecule has 1 heterocycles. The number of nitrogens with zero attached hydrogens (tertiary/aromatic N) is 3. The fraction of sp³-hybridized carbons (Fsp3) is 0.267. The summed E-state index contributed by atoms with van der Waals surface area (Å²) in [5.74, 6) is -0.0706. The smallest absolute Gasteiger partial charge is 0.274 e. The second-order valence-electron chi connectivity index (χ2n) is 4.30. The van der Waals surface area contributed by atoms with Gasteiger partial charge in [-0.25, -0.2) is 4.98 Å². The van der Waals surface area contributed by atoms with Crippen LogP contribution in [-0.4, -0.2) is 27.3 Å². The molecule has 0 radical (unpaired) electrons. The lowest BCUT2D eigenvalue weighted by Gasteiger charge is -2.21. The molecule has 0 saturated heterocycles. The maximum Gasteiger partial charge on any atom is 0.274 e. The van der Waals surface area contributed by atoms with Crippen LogP contribution in [-0.2, 0) is 6.54 Å². The van der Waals surface area contributed by atoms with Crippen molar-refractivity contribution < 1.29 is 4.79 Å². The highest BCUT2D eigenvalue weighted by Gasteiger charge is 2.16. The second kappa shape index (κ2) is 6.64. The molecule has 0 aliphatic rings. The fourth-order valence-corrected chi connectivity index (χ4v) is 1.90. The van der Waals surface area contributed by atoms with Crippen LogP contribution in [0.2, 0.25) is 0 Å². The van der Waals surface area contributed by atoms with E-state index in [0.29, 0.717) is 18.8 Å². The van der Waals surface area contributed by atoms with E-state index in [1.165, 1.54) is 6.20 Å². The molecule has 0 aliphatic heterocycles. The molecule has 98 valence electrons. The third-order valence-corrected chi connectivity index (χ3v) is 2.78. The Morgan fingerprint density at radius 2 is 2.00 bits per heavy atom. The van der Waals surface area contributed by atoms with Crippen molar-refractivity contribution in [3.05, 3.63) is 60.2 Å². The standard InChI is InChI=1S/C15H17N3O/c1-2-10-18(12-13-6-4-3-5-7-13)15(19)14-11-16-8-9-17-14/h3-9,11H,2,10,12H2,1H3. The van der Waals surface area contributed by atoms with Crippen molar-refractivity contribution in [3.8, 4) is 0 Å². The van der Waals surface area contributed by atoms with Gasteiger partial charge < -0.3 is 4.90 Å². The molecule has 1 amide bonds. The molecule has 0 bridgehead atoms. The van der Waals surface area contributed by atoms with Crippen molar-refractivity contribution in [2.45, 2.75) is 19.9 Å². The van der Waals surface area contributed by atoms with Gasteiger partial charge in [0, 0.05) is 25.5 Å². The Bertz CT molecular complexity index is 513. The molecule has 4 heteroatoms. The van der Waals surface area contributed by atoms with E-state index in [-0.39, 0.29) is 5.91 Å². The number of hydrogen-bond acceptors (Lipinski definition) is 3. The summed E-state index contributed by atoms with van der Waals surface area (Å²) in [5.41, 5.74) is 1.51. The van der Waals surface area contributed by atoms with Crippen LogP contribution in [0, 0.1) is 0 Å². The van der Waals surface area contributed by atoms with Gasteiger partial charge in [-0.1, -0.05) is 37.3 Å². The Morgan fingerprint density at radius 1 is 1.21 bits per heavy atom. The molecule has 2 aromatic rings. The number of benzene rings is 1. The van der Waals surface area contributed by atoms with Crippen molar-refractivity contribution in [1.29, 1.82) is 0 Å². The predicted octanol–water partition coefficient (Wildman–Crippen LogP) is 2.53. The largest absolute Gasteiger partial charge is 0.333 e. The van der Waals surface area contributed by atoms with Crippen LogP contribution in [0.25, 0.3) is 0 Å². The molecule has 0 fully saturated rings. The second-order valence-corrected chi connectivity index (χ2v) is 4.30. The lowest BCUT2D eigenvalue weighted by Crippen LogP contribution is -2.32. The predicted molar refractivity (Wildman–Crippen MR) is 73.5 cm³/mol. The molecular weight excluding hydrogens is 238 g/mol. The van der Waals surface area contributed by atoms with Gasteiger partial charge in [0.1, 0.15) is 5.69 Å². The van der Waals surface area contributed by atoms with Crippen molar-refractivity contribution in [2.24, 2.45) is 0 Å². The fourth-order valence-electron chi connectivity index (χ4n) is 1.90. The van der Waals surface area contributed by atoms with Gasteiger partial charge in [-0.05, 0) is 12.0 Å². The van der Waals surface area contributed by atoms with Crippen LogP contribution >= 0.6 is 0 Å². The zero-order valence-electron chi connectivity index (χ0n) is 11.0. The molecule has 4 nitrogen and oxygen atoms in total. The summed E-state index contributed by atoms with van der Waals surface area (Å²) in [6.07, 6.45) is 5.53. The first-order valence-corrected chi connectivity index (χ1v) is 6.40. The summed E-state index contributed by atoms with van der Waals surface area (Å²) in [6.45, 7) is 3.37. The van der Waals surface area contributed by atoms with E-state index in [2.05, 4.69) is 16.9 Å². The Balaban J connectivity index is 2.14. The van der Waals surface area contributed by atoms with Gasteiger partial charge in [-0.15, -0.1) is 0 Å². The van der Waals surface area contributed by atoms with Gasteiger partial charge in [0.15, 0.2) is 0 Å². The third-order valence-electron chi connectivity index (χ3n) is 2.78. The van der Waals surface area contributed by atoms with Crippen LogP contribution in [0.3, 0.4) is 0 Å². The molecule has 1 aromatic heterocycles. The maximum absolute atomic E-state index is 12.4. The number of carbonyl (C=O) groups is 1. The Hall–Kier alpha value is -2.23. The van der Waals surface area contributed by atoms with Crippen LogP contribution in [0.5, 0.6) is 0 Å². The van der Waals surface area contributed by atoms with E-state index in [1.807, 2.05) is 30.3 Å². The zero-order valence-corrected chi connectivity index (χ0v) is 11.0. The van der Waals surface area contributed by atoms with Gasteiger partial charge in [0.25, 0.3) is 5.91 Å². The lowest BCUT2D eigenvalue weighted by atomic mass is 10.2. The molecule has 2 rings (SSSR count). The van der Waals surface area contributed by atoms with Gasteiger partial charge in [0.2, 0.25) is 0 Å². The summed E-state index contributed by atoms with van der Waals surface area (Å²) in [6, 6.07) is 9.97. The number of rotatable bonds is 5. The summed E-state index contributed by atoms with van der Waals surface area (Å²) in [7, 11) is 0. The van der Waals surface area contributed by atoms with Crippen molar-refractivity contribution in [1.82, 2.24) is 14.9 Å². The molecular formula is C15H17N3O. The monoisotopic (exact) mass is 255 g/mol. The average Bonchev–Trinajstić information content (AvgIpc) is 2.48. The molecule has 1 aromatic carbocycles. The van der Waals surface area contributed by atoms with Crippen molar-refractivity contribution in [3.63, 3.8) is 0 Å².